The molecule has 0 saturated heterocycles. The molecule has 1 saturated carbocycles. The van der Waals surface area contributed by atoms with Crippen molar-refractivity contribution in [2.45, 2.75) is 59.3 Å². The molecule has 0 radical (unpaired) electrons. The third kappa shape index (κ3) is 1.79. The Morgan fingerprint density at radius 2 is 1.85 bits per heavy atom. The first-order valence-corrected chi connectivity index (χ1v) is 5.54. The van der Waals surface area contributed by atoms with E-state index in [-0.39, 0.29) is 10.8 Å². The van der Waals surface area contributed by atoms with Gasteiger partial charge in [-0.2, -0.15) is 0 Å². The standard InChI is InChI=1S/C12H22O/c1-4-7-11(2)8-5-6-9-12(11,3)10-13/h10H,4-9H2,1-3H3. The van der Waals surface area contributed by atoms with Crippen LogP contribution in [0.2, 0.25) is 0 Å². The van der Waals surface area contributed by atoms with Crippen molar-refractivity contribution < 1.29 is 4.79 Å². The zero-order valence-electron chi connectivity index (χ0n) is 9.23. The van der Waals surface area contributed by atoms with Gasteiger partial charge in [-0.15, -0.1) is 0 Å². The van der Waals surface area contributed by atoms with Gasteiger partial charge in [-0.25, -0.2) is 0 Å². The van der Waals surface area contributed by atoms with E-state index in [9.17, 15) is 4.79 Å². The van der Waals surface area contributed by atoms with E-state index in [1.807, 2.05) is 0 Å². The van der Waals surface area contributed by atoms with Gasteiger partial charge in [-0.1, -0.05) is 40.0 Å². The van der Waals surface area contributed by atoms with Crippen molar-refractivity contribution in [2.24, 2.45) is 10.8 Å². The van der Waals surface area contributed by atoms with Gasteiger partial charge in [0.25, 0.3) is 0 Å². The van der Waals surface area contributed by atoms with E-state index in [4.69, 9.17) is 0 Å². The lowest BCUT2D eigenvalue weighted by molar-refractivity contribution is -0.125. The minimum atomic E-state index is -0.0543. The van der Waals surface area contributed by atoms with Gasteiger partial charge in [0.2, 0.25) is 0 Å². The smallest absolute Gasteiger partial charge is 0.126 e. The molecule has 0 bridgehead atoms. The topological polar surface area (TPSA) is 17.1 Å². The van der Waals surface area contributed by atoms with E-state index in [2.05, 4.69) is 20.8 Å². The van der Waals surface area contributed by atoms with Gasteiger partial charge < -0.3 is 4.79 Å². The Kier molecular flexibility index (Phi) is 3.15. The fourth-order valence-electron chi connectivity index (χ4n) is 2.76. The van der Waals surface area contributed by atoms with Crippen LogP contribution in [0.1, 0.15) is 59.3 Å². The molecule has 1 heteroatoms. The van der Waals surface area contributed by atoms with Crippen molar-refractivity contribution in [1.29, 1.82) is 0 Å². The number of carbonyl (C=O) groups is 1. The Morgan fingerprint density at radius 3 is 2.38 bits per heavy atom. The summed E-state index contributed by atoms with van der Waals surface area (Å²) in [5.41, 5.74) is 0.211. The number of aldehydes is 1. The Balaban J connectivity index is 2.82. The maximum absolute atomic E-state index is 11.2. The highest BCUT2D eigenvalue weighted by atomic mass is 16.1. The van der Waals surface area contributed by atoms with Crippen LogP contribution in [0.4, 0.5) is 0 Å². The summed E-state index contributed by atoms with van der Waals surface area (Å²) in [6, 6.07) is 0. The number of hydrogen-bond donors (Lipinski definition) is 0. The van der Waals surface area contributed by atoms with Crippen LogP contribution in [0.25, 0.3) is 0 Å². The van der Waals surface area contributed by atoms with E-state index in [1.54, 1.807) is 0 Å². The summed E-state index contributed by atoms with van der Waals surface area (Å²) in [5, 5.41) is 0. The lowest BCUT2D eigenvalue weighted by Crippen LogP contribution is -2.41. The normalized spacial score (nSPS) is 40.2. The van der Waals surface area contributed by atoms with Crippen molar-refractivity contribution in [3.05, 3.63) is 0 Å². The van der Waals surface area contributed by atoms with Gasteiger partial charge in [-0.05, 0) is 24.7 Å². The van der Waals surface area contributed by atoms with Gasteiger partial charge >= 0.3 is 0 Å². The third-order valence-electron chi connectivity index (χ3n) is 4.12. The Bertz CT molecular complexity index is 184. The van der Waals surface area contributed by atoms with Gasteiger partial charge in [0, 0.05) is 5.41 Å². The lowest BCUT2D eigenvalue weighted by Gasteiger charge is -2.47. The molecule has 2 atom stereocenters. The minimum Gasteiger partial charge on any atom is -0.303 e. The number of carbonyl (C=O) groups excluding carboxylic acids is 1. The van der Waals surface area contributed by atoms with E-state index in [0.29, 0.717) is 0 Å². The fraction of sp³-hybridized carbons (Fsp3) is 0.917. The summed E-state index contributed by atoms with van der Waals surface area (Å²) >= 11 is 0. The molecule has 0 spiro atoms. The first-order chi connectivity index (χ1) is 6.08. The van der Waals surface area contributed by atoms with Crippen molar-refractivity contribution >= 4 is 6.29 Å². The molecule has 2 unspecified atom stereocenters. The van der Waals surface area contributed by atoms with Gasteiger partial charge in [0.05, 0.1) is 0 Å². The fourth-order valence-corrected chi connectivity index (χ4v) is 2.76. The largest absolute Gasteiger partial charge is 0.303 e. The van der Waals surface area contributed by atoms with E-state index in [0.717, 1.165) is 6.42 Å². The molecule has 0 amide bonds. The van der Waals surface area contributed by atoms with Crippen molar-refractivity contribution in [2.75, 3.05) is 0 Å². The summed E-state index contributed by atoms with van der Waals surface area (Å²) in [7, 11) is 0. The molecule has 76 valence electrons. The van der Waals surface area contributed by atoms with Gasteiger partial charge in [0.1, 0.15) is 6.29 Å². The molecule has 0 aliphatic heterocycles. The molecule has 0 aromatic rings. The highest BCUT2D eigenvalue weighted by Crippen LogP contribution is 2.51. The zero-order valence-corrected chi connectivity index (χ0v) is 9.23. The second-order valence-electron chi connectivity index (χ2n) is 5.05. The molecule has 0 N–H and O–H groups in total. The van der Waals surface area contributed by atoms with Crippen molar-refractivity contribution in [3.8, 4) is 0 Å². The first-order valence-electron chi connectivity index (χ1n) is 5.54. The quantitative estimate of drug-likeness (QED) is 0.610. The molecule has 1 aliphatic rings. The average Bonchev–Trinajstić information content (AvgIpc) is 2.11. The lowest BCUT2D eigenvalue weighted by atomic mass is 9.57. The summed E-state index contributed by atoms with van der Waals surface area (Å²) in [5.74, 6) is 0. The second-order valence-corrected chi connectivity index (χ2v) is 5.05. The van der Waals surface area contributed by atoms with Crippen LogP contribution in [0.5, 0.6) is 0 Å². The molecule has 1 fully saturated rings. The highest BCUT2D eigenvalue weighted by Gasteiger charge is 2.45. The van der Waals surface area contributed by atoms with Crippen molar-refractivity contribution in [1.82, 2.24) is 0 Å². The Morgan fingerprint density at radius 1 is 1.23 bits per heavy atom. The third-order valence-corrected chi connectivity index (χ3v) is 4.12. The molecule has 0 aromatic carbocycles. The van der Waals surface area contributed by atoms with Crippen LogP contribution >= 0.6 is 0 Å². The van der Waals surface area contributed by atoms with E-state index < -0.39 is 0 Å². The minimum absolute atomic E-state index is 0.0543. The molecular weight excluding hydrogens is 160 g/mol. The molecule has 13 heavy (non-hydrogen) atoms. The maximum Gasteiger partial charge on any atom is 0.126 e. The van der Waals surface area contributed by atoms with Crippen LogP contribution in [-0.4, -0.2) is 6.29 Å². The van der Waals surface area contributed by atoms with Crippen molar-refractivity contribution in [3.63, 3.8) is 0 Å². The highest BCUT2D eigenvalue weighted by molar-refractivity contribution is 5.60. The molecule has 0 aromatic heterocycles. The van der Waals surface area contributed by atoms with Gasteiger partial charge in [-0.3, -0.25) is 0 Å². The Hall–Kier alpha value is -0.330. The SMILES string of the molecule is CCCC1(C)CCCCC1(C)C=O. The predicted molar refractivity (Wildman–Crippen MR) is 55.7 cm³/mol. The monoisotopic (exact) mass is 182 g/mol. The first kappa shape index (κ1) is 10.7. The summed E-state index contributed by atoms with van der Waals surface area (Å²) in [6.07, 6.45) is 8.46. The molecule has 1 nitrogen and oxygen atoms in total. The van der Waals surface area contributed by atoms with Crippen LogP contribution in [-0.2, 0) is 4.79 Å². The molecule has 1 rings (SSSR count). The molecular formula is C12H22O. The summed E-state index contributed by atoms with van der Waals surface area (Å²) in [6.45, 7) is 6.66. The van der Waals surface area contributed by atoms with E-state index in [1.165, 1.54) is 38.4 Å². The average molecular weight is 182 g/mol. The van der Waals surface area contributed by atoms with Crippen LogP contribution in [0.15, 0.2) is 0 Å². The van der Waals surface area contributed by atoms with Crippen LogP contribution in [0.3, 0.4) is 0 Å². The molecule has 0 heterocycles. The molecule has 1 aliphatic carbocycles. The Labute approximate surface area is 81.9 Å². The number of hydrogen-bond acceptors (Lipinski definition) is 1. The predicted octanol–water partition coefficient (Wildman–Crippen LogP) is 3.57. The zero-order chi connectivity index (χ0) is 9.95. The van der Waals surface area contributed by atoms with Crippen LogP contribution < -0.4 is 0 Å². The second kappa shape index (κ2) is 3.81. The van der Waals surface area contributed by atoms with E-state index >= 15 is 0 Å². The van der Waals surface area contributed by atoms with Crippen LogP contribution in [0, 0.1) is 10.8 Å². The maximum atomic E-state index is 11.2. The number of rotatable bonds is 3. The summed E-state index contributed by atoms with van der Waals surface area (Å²) < 4.78 is 0. The summed E-state index contributed by atoms with van der Waals surface area (Å²) in [4.78, 5) is 11.2. The van der Waals surface area contributed by atoms with Gasteiger partial charge in [0.15, 0.2) is 0 Å².